The number of rotatable bonds is 9. The number of unbranched alkanes of at least 4 members (excludes halogenated alkanes) is 5. The molecule has 0 aromatic heterocycles. The molecule has 1 N–H and O–H groups in total. The van der Waals surface area contributed by atoms with Gasteiger partial charge in [0, 0.05) is 12.3 Å². The van der Waals surface area contributed by atoms with Crippen LogP contribution in [-0.2, 0) is 9.91 Å². The molecule has 1 saturated heterocycles. The summed E-state index contributed by atoms with van der Waals surface area (Å²) >= 11 is 0. The molecule has 0 aliphatic carbocycles. The minimum absolute atomic E-state index is 0.544. The zero-order chi connectivity index (χ0) is 16.8. The van der Waals surface area contributed by atoms with E-state index in [1.54, 1.807) is 6.92 Å². The van der Waals surface area contributed by atoms with Gasteiger partial charge >= 0.3 is 0 Å². The Morgan fingerprint density at radius 2 is 1.78 bits per heavy atom. The molecule has 0 spiro atoms. The largest absolute Gasteiger partial charge is 0.378 e. The quantitative estimate of drug-likeness (QED) is 0.444. The first-order valence-electron chi connectivity index (χ1n) is 9.35. The molecular weight excluding hydrogens is 303 g/mol. The average Bonchev–Trinajstić information content (AvgIpc) is 2.95. The third-order valence-corrected chi connectivity index (χ3v) is 9.46. The second-order valence-electron chi connectivity index (χ2n) is 7.39. The summed E-state index contributed by atoms with van der Waals surface area (Å²) < 4.78 is 13.4. The highest BCUT2D eigenvalue weighted by Crippen LogP contribution is 2.67. The van der Waals surface area contributed by atoms with Crippen molar-refractivity contribution in [3.8, 4) is 0 Å². The van der Waals surface area contributed by atoms with Gasteiger partial charge in [-0.1, -0.05) is 75.8 Å². The fourth-order valence-corrected chi connectivity index (χ4v) is 7.40. The van der Waals surface area contributed by atoms with E-state index in [4.69, 9.17) is 0 Å². The fourth-order valence-electron chi connectivity index (χ4n) is 3.82. The van der Waals surface area contributed by atoms with Gasteiger partial charge in [0.2, 0.25) is 0 Å². The number of benzene rings is 1. The standard InChI is InChI=1S/C20H33O2P/c1-3-4-5-6-7-9-12-18-15-16-23(22,17-18)20(2,21)19-13-10-8-11-14-19/h8,10-11,13-14,18,21H,3-7,9,12,15-17H2,1-2H3. The zero-order valence-corrected chi connectivity index (χ0v) is 15.7. The molecule has 1 aliphatic rings. The van der Waals surface area contributed by atoms with Crippen molar-refractivity contribution in [2.75, 3.05) is 12.3 Å². The van der Waals surface area contributed by atoms with Crippen molar-refractivity contribution >= 4 is 7.14 Å². The molecule has 0 amide bonds. The van der Waals surface area contributed by atoms with Crippen LogP contribution >= 0.6 is 7.14 Å². The molecular formula is C20H33O2P. The van der Waals surface area contributed by atoms with E-state index in [-0.39, 0.29) is 0 Å². The highest BCUT2D eigenvalue weighted by atomic mass is 31.2. The molecule has 1 aliphatic heterocycles. The summed E-state index contributed by atoms with van der Waals surface area (Å²) in [7, 11) is -2.56. The Labute approximate surface area is 142 Å². The van der Waals surface area contributed by atoms with Crippen molar-refractivity contribution < 1.29 is 9.67 Å². The van der Waals surface area contributed by atoms with Gasteiger partial charge in [-0.2, -0.15) is 0 Å². The van der Waals surface area contributed by atoms with Crippen LogP contribution in [0.15, 0.2) is 30.3 Å². The molecule has 1 fully saturated rings. The molecule has 3 unspecified atom stereocenters. The molecule has 2 rings (SSSR count). The third kappa shape index (κ3) is 4.70. The number of aliphatic hydroxyl groups is 1. The van der Waals surface area contributed by atoms with Crippen molar-refractivity contribution in [2.45, 2.75) is 70.6 Å². The van der Waals surface area contributed by atoms with Crippen LogP contribution in [0.2, 0.25) is 0 Å². The molecule has 1 heterocycles. The third-order valence-electron chi connectivity index (χ3n) is 5.53. The lowest BCUT2D eigenvalue weighted by Gasteiger charge is -2.31. The summed E-state index contributed by atoms with van der Waals surface area (Å²) in [6.07, 6.45) is 11.5. The Bertz CT molecular complexity index is 510. The van der Waals surface area contributed by atoms with Gasteiger partial charge in [0.15, 0.2) is 0 Å². The average molecular weight is 336 g/mol. The molecule has 0 saturated carbocycles. The van der Waals surface area contributed by atoms with Gasteiger partial charge in [0.25, 0.3) is 0 Å². The Morgan fingerprint density at radius 3 is 2.48 bits per heavy atom. The first-order chi connectivity index (χ1) is 11.0. The SMILES string of the molecule is CCCCCCCCC1CCP(=O)(C(C)(O)c2ccccc2)C1. The minimum atomic E-state index is -2.56. The van der Waals surface area contributed by atoms with E-state index in [2.05, 4.69) is 6.92 Å². The van der Waals surface area contributed by atoms with Gasteiger partial charge in [-0.15, -0.1) is 0 Å². The molecule has 3 atom stereocenters. The Balaban J connectivity index is 1.84. The monoisotopic (exact) mass is 336 g/mol. The van der Waals surface area contributed by atoms with Crippen LogP contribution in [0, 0.1) is 5.92 Å². The van der Waals surface area contributed by atoms with Gasteiger partial charge in [0.05, 0.1) is 0 Å². The molecule has 2 nitrogen and oxygen atoms in total. The van der Waals surface area contributed by atoms with Crippen molar-refractivity contribution in [3.05, 3.63) is 35.9 Å². The minimum Gasteiger partial charge on any atom is -0.378 e. The van der Waals surface area contributed by atoms with Gasteiger partial charge in [-0.25, -0.2) is 0 Å². The summed E-state index contributed by atoms with van der Waals surface area (Å²) in [4.78, 5) is 0. The fraction of sp³-hybridized carbons (Fsp3) is 0.700. The summed E-state index contributed by atoms with van der Waals surface area (Å²) in [6.45, 7) is 4.00. The molecule has 3 heteroatoms. The van der Waals surface area contributed by atoms with Gasteiger partial charge in [-0.3, -0.25) is 0 Å². The van der Waals surface area contributed by atoms with Crippen molar-refractivity contribution in [1.29, 1.82) is 0 Å². The van der Waals surface area contributed by atoms with Gasteiger partial charge in [-0.05, 0) is 31.2 Å². The molecule has 23 heavy (non-hydrogen) atoms. The van der Waals surface area contributed by atoms with Crippen molar-refractivity contribution in [2.24, 2.45) is 5.92 Å². The number of hydrogen-bond acceptors (Lipinski definition) is 2. The Morgan fingerprint density at radius 1 is 1.13 bits per heavy atom. The zero-order valence-electron chi connectivity index (χ0n) is 14.8. The highest BCUT2D eigenvalue weighted by Gasteiger charge is 2.48. The maximum Gasteiger partial charge on any atom is 0.139 e. The number of hydrogen-bond donors (Lipinski definition) is 1. The molecule has 0 bridgehead atoms. The summed E-state index contributed by atoms with van der Waals surface area (Å²) in [6, 6.07) is 9.58. The summed E-state index contributed by atoms with van der Waals surface area (Å²) in [5, 5.41) is 9.81. The van der Waals surface area contributed by atoms with Gasteiger partial charge in [0.1, 0.15) is 12.5 Å². The van der Waals surface area contributed by atoms with Crippen LogP contribution < -0.4 is 0 Å². The van der Waals surface area contributed by atoms with Crippen molar-refractivity contribution in [3.63, 3.8) is 0 Å². The van der Waals surface area contributed by atoms with E-state index in [0.717, 1.165) is 18.1 Å². The molecule has 1 aromatic rings. The lowest BCUT2D eigenvalue weighted by atomic mass is 10.00. The highest BCUT2D eigenvalue weighted by molar-refractivity contribution is 7.65. The predicted molar refractivity (Wildman–Crippen MR) is 99.5 cm³/mol. The normalized spacial score (nSPS) is 27.0. The van der Waals surface area contributed by atoms with E-state index in [1.807, 2.05) is 30.3 Å². The second-order valence-corrected chi connectivity index (χ2v) is 10.9. The topological polar surface area (TPSA) is 37.3 Å². The van der Waals surface area contributed by atoms with Crippen LogP contribution in [-0.4, -0.2) is 17.4 Å². The predicted octanol–water partition coefficient (Wildman–Crippen LogP) is 5.99. The van der Waals surface area contributed by atoms with E-state index in [0.29, 0.717) is 12.1 Å². The van der Waals surface area contributed by atoms with Gasteiger partial charge < -0.3 is 9.67 Å². The van der Waals surface area contributed by atoms with Crippen LogP contribution in [0.1, 0.15) is 70.8 Å². The maximum absolute atomic E-state index is 13.4. The summed E-state index contributed by atoms with van der Waals surface area (Å²) in [5.74, 6) is 0.544. The van der Waals surface area contributed by atoms with Crippen molar-refractivity contribution in [1.82, 2.24) is 0 Å². The molecule has 1 aromatic carbocycles. The van der Waals surface area contributed by atoms with E-state index < -0.39 is 12.5 Å². The van der Waals surface area contributed by atoms with E-state index >= 15 is 0 Å². The first kappa shape index (κ1) is 18.7. The van der Waals surface area contributed by atoms with Crippen LogP contribution in [0.5, 0.6) is 0 Å². The van der Waals surface area contributed by atoms with E-state index in [1.165, 1.54) is 44.9 Å². The summed E-state index contributed by atoms with van der Waals surface area (Å²) in [5.41, 5.74) is 0.809. The Kier molecular flexibility index (Phi) is 6.92. The smallest absolute Gasteiger partial charge is 0.139 e. The van der Waals surface area contributed by atoms with E-state index in [9.17, 15) is 9.67 Å². The van der Waals surface area contributed by atoms with Crippen LogP contribution in [0.25, 0.3) is 0 Å². The maximum atomic E-state index is 13.4. The van der Waals surface area contributed by atoms with Crippen LogP contribution in [0.4, 0.5) is 0 Å². The lowest BCUT2D eigenvalue weighted by Crippen LogP contribution is -2.23. The Hall–Kier alpha value is -0.590. The lowest BCUT2D eigenvalue weighted by molar-refractivity contribution is 0.143. The second kappa shape index (κ2) is 8.49. The first-order valence-corrected chi connectivity index (χ1v) is 11.4. The molecule has 0 radical (unpaired) electrons. The molecule has 130 valence electrons. The van der Waals surface area contributed by atoms with Crippen LogP contribution in [0.3, 0.4) is 0 Å².